The summed E-state index contributed by atoms with van der Waals surface area (Å²) in [5, 5.41) is 2.87. The molecule has 25 heavy (non-hydrogen) atoms. The standard InChI is InChI=1S/C18H23N3O3S/c1-13(15-10-6-7-11-17(15)21-25(2,23)24)20-18(22)12-16(19)14-8-4-3-5-9-14/h3-11,13,16,21H,12,19H2,1-2H3,(H,20,22). The molecule has 2 aromatic carbocycles. The molecule has 0 saturated heterocycles. The lowest BCUT2D eigenvalue weighted by Gasteiger charge is -2.19. The van der Waals surface area contributed by atoms with Gasteiger partial charge in [0.05, 0.1) is 18.0 Å². The Labute approximate surface area is 148 Å². The van der Waals surface area contributed by atoms with E-state index in [0.717, 1.165) is 11.8 Å². The molecule has 6 nitrogen and oxygen atoms in total. The molecule has 2 atom stereocenters. The zero-order valence-electron chi connectivity index (χ0n) is 14.3. The van der Waals surface area contributed by atoms with Crippen LogP contribution >= 0.6 is 0 Å². The first-order valence-electron chi connectivity index (χ1n) is 7.93. The number of para-hydroxylation sites is 1. The second-order valence-electron chi connectivity index (χ2n) is 5.97. The molecule has 0 aliphatic heterocycles. The average molecular weight is 361 g/mol. The Bertz CT molecular complexity index is 822. The molecule has 0 aromatic heterocycles. The van der Waals surface area contributed by atoms with Crippen molar-refractivity contribution >= 4 is 21.6 Å². The minimum atomic E-state index is -3.40. The summed E-state index contributed by atoms with van der Waals surface area (Å²) in [6.45, 7) is 1.80. The maximum Gasteiger partial charge on any atom is 0.229 e. The summed E-state index contributed by atoms with van der Waals surface area (Å²) in [6, 6.07) is 15.6. The normalized spacial score (nSPS) is 13.7. The smallest absolute Gasteiger partial charge is 0.229 e. The maximum absolute atomic E-state index is 12.3. The molecule has 0 aliphatic carbocycles. The molecule has 2 rings (SSSR count). The van der Waals surface area contributed by atoms with Crippen LogP contribution in [0.1, 0.15) is 36.6 Å². The highest BCUT2D eigenvalue weighted by Crippen LogP contribution is 2.24. The van der Waals surface area contributed by atoms with E-state index in [1.807, 2.05) is 30.3 Å². The number of nitrogens with one attached hydrogen (secondary N) is 2. The van der Waals surface area contributed by atoms with Crippen molar-refractivity contribution in [3.63, 3.8) is 0 Å². The van der Waals surface area contributed by atoms with Gasteiger partial charge in [0, 0.05) is 12.5 Å². The lowest BCUT2D eigenvalue weighted by atomic mass is 10.0. The molecule has 0 heterocycles. The Kier molecular flexibility index (Phi) is 6.17. The highest BCUT2D eigenvalue weighted by atomic mass is 32.2. The quantitative estimate of drug-likeness (QED) is 0.704. The third-order valence-corrected chi connectivity index (χ3v) is 4.32. The third kappa shape index (κ3) is 5.88. The number of nitrogens with two attached hydrogens (primary N) is 1. The van der Waals surface area contributed by atoms with E-state index in [1.54, 1.807) is 31.2 Å². The van der Waals surface area contributed by atoms with Gasteiger partial charge in [0.1, 0.15) is 0 Å². The molecule has 0 fully saturated rings. The van der Waals surface area contributed by atoms with Gasteiger partial charge in [-0.2, -0.15) is 0 Å². The van der Waals surface area contributed by atoms with Gasteiger partial charge in [0.15, 0.2) is 0 Å². The number of anilines is 1. The van der Waals surface area contributed by atoms with Crippen LogP contribution in [0.3, 0.4) is 0 Å². The molecule has 2 aromatic rings. The molecule has 4 N–H and O–H groups in total. The molecule has 1 amide bonds. The van der Waals surface area contributed by atoms with Gasteiger partial charge in [-0.05, 0) is 24.1 Å². The summed E-state index contributed by atoms with van der Waals surface area (Å²) in [6.07, 6.45) is 1.24. The predicted molar refractivity (Wildman–Crippen MR) is 99.5 cm³/mol. The van der Waals surface area contributed by atoms with Crippen LogP contribution in [0.2, 0.25) is 0 Å². The molecule has 0 aliphatic rings. The van der Waals surface area contributed by atoms with Gasteiger partial charge in [-0.15, -0.1) is 0 Å². The Balaban J connectivity index is 2.04. The molecule has 0 spiro atoms. The van der Waals surface area contributed by atoms with E-state index < -0.39 is 16.1 Å². The van der Waals surface area contributed by atoms with Crippen LogP contribution in [0.5, 0.6) is 0 Å². The first-order valence-corrected chi connectivity index (χ1v) is 9.82. The van der Waals surface area contributed by atoms with Crippen molar-refractivity contribution < 1.29 is 13.2 Å². The fraction of sp³-hybridized carbons (Fsp3) is 0.278. The number of sulfonamides is 1. The largest absolute Gasteiger partial charge is 0.349 e. The number of carbonyl (C=O) groups excluding carboxylic acids is 1. The van der Waals surface area contributed by atoms with Crippen LogP contribution in [-0.4, -0.2) is 20.6 Å². The Morgan fingerprint density at radius 1 is 1.08 bits per heavy atom. The summed E-state index contributed by atoms with van der Waals surface area (Å²) in [5.41, 5.74) is 8.10. The minimum absolute atomic E-state index is 0.149. The molecule has 2 unspecified atom stereocenters. The van der Waals surface area contributed by atoms with Gasteiger partial charge in [-0.1, -0.05) is 48.5 Å². The van der Waals surface area contributed by atoms with Crippen LogP contribution in [0.15, 0.2) is 54.6 Å². The maximum atomic E-state index is 12.3. The van der Waals surface area contributed by atoms with E-state index in [1.165, 1.54) is 0 Å². The summed E-state index contributed by atoms with van der Waals surface area (Å²) in [4.78, 5) is 12.3. The zero-order valence-corrected chi connectivity index (χ0v) is 15.1. The van der Waals surface area contributed by atoms with E-state index >= 15 is 0 Å². The van der Waals surface area contributed by atoms with Crippen molar-refractivity contribution in [2.45, 2.75) is 25.4 Å². The lowest BCUT2D eigenvalue weighted by Crippen LogP contribution is -2.30. The van der Waals surface area contributed by atoms with Crippen molar-refractivity contribution in [2.24, 2.45) is 5.73 Å². The average Bonchev–Trinajstić information content (AvgIpc) is 2.54. The third-order valence-electron chi connectivity index (χ3n) is 3.73. The van der Waals surface area contributed by atoms with E-state index in [0.29, 0.717) is 11.3 Å². The van der Waals surface area contributed by atoms with Crippen LogP contribution in [0.25, 0.3) is 0 Å². The molecule has 134 valence electrons. The Hall–Kier alpha value is -2.38. The minimum Gasteiger partial charge on any atom is -0.349 e. The van der Waals surface area contributed by atoms with Crippen LogP contribution in [-0.2, 0) is 14.8 Å². The second-order valence-corrected chi connectivity index (χ2v) is 7.72. The second kappa shape index (κ2) is 8.13. The number of amides is 1. The molecule has 0 bridgehead atoms. The summed E-state index contributed by atoms with van der Waals surface area (Å²) in [5.74, 6) is -0.196. The van der Waals surface area contributed by atoms with Crippen molar-refractivity contribution in [3.8, 4) is 0 Å². The van der Waals surface area contributed by atoms with E-state index in [2.05, 4.69) is 10.0 Å². The monoisotopic (exact) mass is 361 g/mol. The van der Waals surface area contributed by atoms with Crippen LogP contribution in [0.4, 0.5) is 5.69 Å². The van der Waals surface area contributed by atoms with Gasteiger partial charge >= 0.3 is 0 Å². The fourth-order valence-corrected chi connectivity index (χ4v) is 3.15. The van der Waals surface area contributed by atoms with Crippen molar-refractivity contribution in [1.82, 2.24) is 5.32 Å². The lowest BCUT2D eigenvalue weighted by molar-refractivity contribution is -0.122. The van der Waals surface area contributed by atoms with Gasteiger partial charge in [-0.3, -0.25) is 9.52 Å². The summed E-state index contributed by atoms with van der Waals surface area (Å²) in [7, 11) is -3.40. The number of hydrogen-bond donors (Lipinski definition) is 3. The van der Waals surface area contributed by atoms with Gasteiger partial charge in [-0.25, -0.2) is 8.42 Å². The van der Waals surface area contributed by atoms with Crippen molar-refractivity contribution in [1.29, 1.82) is 0 Å². The molecular weight excluding hydrogens is 338 g/mol. The van der Waals surface area contributed by atoms with Crippen molar-refractivity contribution in [2.75, 3.05) is 11.0 Å². The predicted octanol–water partition coefficient (Wildman–Crippen LogP) is 2.33. The first kappa shape index (κ1) is 19.0. The van der Waals surface area contributed by atoms with E-state index in [4.69, 9.17) is 5.73 Å². The highest BCUT2D eigenvalue weighted by molar-refractivity contribution is 7.92. The molecule has 7 heteroatoms. The van der Waals surface area contributed by atoms with E-state index in [9.17, 15) is 13.2 Å². The molecule has 0 radical (unpaired) electrons. The molecule has 0 saturated carbocycles. The van der Waals surface area contributed by atoms with Gasteiger partial charge in [0.25, 0.3) is 0 Å². The topological polar surface area (TPSA) is 101 Å². The Morgan fingerprint density at radius 3 is 2.32 bits per heavy atom. The van der Waals surface area contributed by atoms with Crippen LogP contribution < -0.4 is 15.8 Å². The number of hydrogen-bond acceptors (Lipinski definition) is 4. The number of rotatable bonds is 7. The number of carbonyl (C=O) groups is 1. The van der Waals surface area contributed by atoms with Gasteiger partial charge in [0.2, 0.25) is 15.9 Å². The fourth-order valence-electron chi connectivity index (χ4n) is 2.56. The molecular formula is C18H23N3O3S. The van der Waals surface area contributed by atoms with Crippen molar-refractivity contribution in [3.05, 3.63) is 65.7 Å². The van der Waals surface area contributed by atoms with Gasteiger partial charge < -0.3 is 11.1 Å². The first-order chi connectivity index (χ1) is 11.8. The SMILES string of the molecule is CC(NC(=O)CC(N)c1ccccc1)c1ccccc1NS(C)(=O)=O. The number of benzene rings is 2. The zero-order chi connectivity index (χ0) is 18.4. The van der Waals surface area contributed by atoms with Crippen LogP contribution in [0, 0.1) is 0 Å². The Morgan fingerprint density at radius 2 is 1.68 bits per heavy atom. The highest BCUT2D eigenvalue weighted by Gasteiger charge is 2.17. The van der Waals surface area contributed by atoms with E-state index in [-0.39, 0.29) is 18.4 Å². The summed E-state index contributed by atoms with van der Waals surface area (Å²) >= 11 is 0. The summed E-state index contributed by atoms with van der Waals surface area (Å²) < 4.78 is 25.4.